The number of aromatic nitrogens is 4. The van der Waals surface area contributed by atoms with E-state index in [1.54, 1.807) is 7.11 Å². The molecule has 0 aliphatic heterocycles. The van der Waals surface area contributed by atoms with E-state index in [-0.39, 0.29) is 23.6 Å². The number of hydrogen-bond acceptors (Lipinski definition) is 5. The molecule has 0 radical (unpaired) electrons. The van der Waals surface area contributed by atoms with Gasteiger partial charge in [0.05, 0.1) is 12.1 Å². The molecule has 0 spiro atoms. The summed E-state index contributed by atoms with van der Waals surface area (Å²) in [5.41, 5.74) is 0.549. The second-order valence-corrected chi connectivity index (χ2v) is 7.14. The minimum absolute atomic E-state index is 0.151. The summed E-state index contributed by atoms with van der Waals surface area (Å²) < 4.78 is 7.59. The van der Waals surface area contributed by atoms with Crippen LogP contribution in [0, 0.1) is 0 Å². The zero-order valence-electron chi connectivity index (χ0n) is 15.4. The largest absolute Gasteiger partial charge is 0.383 e. The molecule has 1 N–H and O–H groups in total. The minimum Gasteiger partial charge on any atom is -0.383 e. The van der Waals surface area contributed by atoms with E-state index in [1.807, 2.05) is 45.0 Å². The number of para-hydroxylation sites is 1. The van der Waals surface area contributed by atoms with Gasteiger partial charge in [0, 0.05) is 24.5 Å². The molecule has 0 unspecified atom stereocenters. The van der Waals surface area contributed by atoms with Gasteiger partial charge in [0.25, 0.3) is 0 Å². The fraction of sp³-hybridized carbons (Fsp3) is 0.444. The smallest absolute Gasteiger partial charge is 0.352 e. The van der Waals surface area contributed by atoms with E-state index in [1.165, 1.54) is 9.08 Å². The summed E-state index contributed by atoms with van der Waals surface area (Å²) in [5.74, 6) is 0.323. The van der Waals surface area contributed by atoms with Gasteiger partial charge < -0.3 is 10.1 Å². The van der Waals surface area contributed by atoms with E-state index in [0.29, 0.717) is 24.6 Å². The van der Waals surface area contributed by atoms with Crippen LogP contribution in [0.2, 0.25) is 0 Å². The molecule has 2 aromatic heterocycles. The first kappa shape index (κ1) is 18.1. The van der Waals surface area contributed by atoms with Gasteiger partial charge in [0.2, 0.25) is 5.91 Å². The van der Waals surface area contributed by atoms with Crippen molar-refractivity contribution in [2.45, 2.75) is 32.7 Å². The first-order valence-electron chi connectivity index (χ1n) is 8.47. The maximum Gasteiger partial charge on any atom is 0.352 e. The zero-order chi connectivity index (χ0) is 18.9. The monoisotopic (exact) mass is 357 g/mol. The summed E-state index contributed by atoms with van der Waals surface area (Å²) in [6, 6.07) is 7.55. The Balaban J connectivity index is 2.13. The molecule has 26 heavy (non-hydrogen) atoms. The Morgan fingerprint density at radius 3 is 2.69 bits per heavy atom. The Kier molecular flexibility index (Phi) is 4.78. The Hall–Kier alpha value is -2.74. The van der Waals surface area contributed by atoms with Crippen LogP contribution in [-0.2, 0) is 21.5 Å². The SMILES string of the molecule is COCCNC(=O)Cn1nc2c3ccccc3nc(C(C)(C)C)n2c1=O. The topological polar surface area (TPSA) is 90.5 Å². The maximum absolute atomic E-state index is 12.9. The third-order valence-corrected chi connectivity index (χ3v) is 4.01. The molecule has 8 heteroatoms. The molecule has 0 aliphatic carbocycles. The van der Waals surface area contributed by atoms with Crippen LogP contribution >= 0.6 is 0 Å². The van der Waals surface area contributed by atoms with Crippen LogP contribution in [0.25, 0.3) is 16.6 Å². The summed E-state index contributed by atoms with van der Waals surface area (Å²) in [4.78, 5) is 29.7. The molecule has 1 amide bonds. The van der Waals surface area contributed by atoms with Crippen molar-refractivity contribution in [1.82, 2.24) is 24.5 Å². The Morgan fingerprint density at radius 2 is 2.00 bits per heavy atom. The maximum atomic E-state index is 12.9. The van der Waals surface area contributed by atoms with Gasteiger partial charge in [-0.15, -0.1) is 5.10 Å². The average Bonchev–Trinajstić information content (AvgIpc) is 2.90. The standard InChI is InChI=1S/C18H23N5O3/c1-18(2,3)16-20-13-8-6-5-7-12(13)15-21-22(17(25)23(15)16)11-14(24)19-9-10-26-4/h5-8H,9-11H2,1-4H3,(H,19,24). The fourth-order valence-electron chi connectivity index (χ4n) is 2.79. The normalized spacial score (nSPS) is 12.0. The molecule has 0 aliphatic rings. The molecule has 138 valence electrons. The van der Waals surface area contributed by atoms with Crippen molar-refractivity contribution >= 4 is 22.5 Å². The number of nitrogens with zero attached hydrogens (tertiary/aromatic N) is 4. The summed E-state index contributed by atoms with van der Waals surface area (Å²) in [5, 5.41) is 7.89. The number of nitrogens with one attached hydrogen (secondary N) is 1. The lowest BCUT2D eigenvalue weighted by Gasteiger charge is -2.19. The van der Waals surface area contributed by atoms with Crippen molar-refractivity contribution in [3.8, 4) is 0 Å². The molecule has 8 nitrogen and oxygen atoms in total. The second-order valence-electron chi connectivity index (χ2n) is 7.14. The highest BCUT2D eigenvalue weighted by Gasteiger charge is 2.24. The summed E-state index contributed by atoms with van der Waals surface area (Å²) in [6.07, 6.45) is 0. The molecule has 0 bridgehead atoms. The van der Waals surface area contributed by atoms with E-state index in [2.05, 4.69) is 15.4 Å². The molecule has 3 aromatic rings. The molecule has 0 saturated carbocycles. The number of rotatable bonds is 5. The van der Waals surface area contributed by atoms with Crippen molar-refractivity contribution in [3.63, 3.8) is 0 Å². The second kappa shape index (κ2) is 6.87. The first-order chi connectivity index (χ1) is 12.3. The van der Waals surface area contributed by atoms with Gasteiger partial charge in [-0.25, -0.2) is 18.9 Å². The quantitative estimate of drug-likeness (QED) is 0.691. The summed E-state index contributed by atoms with van der Waals surface area (Å²) in [7, 11) is 1.56. The van der Waals surface area contributed by atoms with Gasteiger partial charge >= 0.3 is 5.69 Å². The average molecular weight is 357 g/mol. The van der Waals surface area contributed by atoms with E-state index in [9.17, 15) is 9.59 Å². The van der Waals surface area contributed by atoms with Crippen LogP contribution in [0.3, 0.4) is 0 Å². The van der Waals surface area contributed by atoms with Crippen molar-refractivity contribution in [3.05, 3.63) is 40.6 Å². The molecule has 1 aromatic carbocycles. The van der Waals surface area contributed by atoms with Crippen molar-refractivity contribution in [2.75, 3.05) is 20.3 Å². The highest BCUT2D eigenvalue weighted by molar-refractivity contribution is 5.91. The van der Waals surface area contributed by atoms with Crippen LogP contribution in [0.5, 0.6) is 0 Å². The van der Waals surface area contributed by atoms with E-state index in [4.69, 9.17) is 4.74 Å². The number of methoxy groups -OCH3 is 1. The van der Waals surface area contributed by atoms with Gasteiger partial charge in [-0.1, -0.05) is 32.9 Å². The number of hydrogen-bond donors (Lipinski definition) is 1. The highest BCUT2D eigenvalue weighted by Crippen LogP contribution is 2.24. The lowest BCUT2D eigenvalue weighted by atomic mass is 9.95. The van der Waals surface area contributed by atoms with Crippen molar-refractivity contribution < 1.29 is 9.53 Å². The van der Waals surface area contributed by atoms with E-state index < -0.39 is 0 Å². The number of carbonyl (C=O) groups is 1. The highest BCUT2D eigenvalue weighted by atomic mass is 16.5. The molecule has 0 saturated heterocycles. The molecule has 0 fully saturated rings. The van der Waals surface area contributed by atoms with Crippen molar-refractivity contribution in [2.24, 2.45) is 0 Å². The third-order valence-electron chi connectivity index (χ3n) is 4.01. The van der Waals surface area contributed by atoms with E-state index in [0.717, 1.165) is 10.9 Å². The molecule has 3 rings (SSSR count). The molecular weight excluding hydrogens is 334 g/mol. The van der Waals surface area contributed by atoms with Crippen LogP contribution in [0.15, 0.2) is 29.1 Å². The van der Waals surface area contributed by atoms with Crippen LogP contribution in [0.1, 0.15) is 26.6 Å². The van der Waals surface area contributed by atoms with Gasteiger partial charge in [0.15, 0.2) is 5.65 Å². The number of amides is 1. The third kappa shape index (κ3) is 3.32. The summed E-state index contributed by atoms with van der Waals surface area (Å²) >= 11 is 0. The van der Waals surface area contributed by atoms with Crippen LogP contribution in [-0.4, -0.2) is 45.3 Å². The van der Waals surface area contributed by atoms with Gasteiger partial charge in [-0.3, -0.25) is 4.79 Å². The predicted octanol–water partition coefficient (Wildman–Crippen LogP) is 1.10. The molecule has 2 heterocycles. The van der Waals surface area contributed by atoms with Crippen LogP contribution < -0.4 is 11.0 Å². The predicted molar refractivity (Wildman–Crippen MR) is 98.3 cm³/mol. The Bertz CT molecular complexity index is 1010. The number of ether oxygens (including phenoxy) is 1. The molecule has 0 atom stereocenters. The Morgan fingerprint density at radius 1 is 1.27 bits per heavy atom. The van der Waals surface area contributed by atoms with Gasteiger partial charge in [-0.2, -0.15) is 0 Å². The number of carbonyl (C=O) groups excluding carboxylic acids is 1. The summed E-state index contributed by atoms with van der Waals surface area (Å²) in [6.45, 7) is 6.62. The lowest BCUT2D eigenvalue weighted by Crippen LogP contribution is -2.35. The van der Waals surface area contributed by atoms with Gasteiger partial charge in [0.1, 0.15) is 12.4 Å². The van der Waals surface area contributed by atoms with Crippen molar-refractivity contribution in [1.29, 1.82) is 0 Å². The zero-order valence-corrected chi connectivity index (χ0v) is 15.4. The van der Waals surface area contributed by atoms with E-state index >= 15 is 0 Å². The lowest BCUT2D eigenvalue weighted by molar-refractivity contribution is -0.122. The van der Waals surface area contributed by atoms with Gasteiger partial charge in [-0.05, 0) is 12.1 Å². The molecular formula is C18H23N5O3. The minimum atomic E-state index is -0.370. The number of fused-ring (bicyclic) bond motifs is 3. The first-order valence-corrected chi connectivity index (χ1v) is 8.47. The number of benzene rings is 1. The fourth-order valence-corrected chi connectivity index (χ4v) is 2.79. The van der Waals surface area contributed by atoms with Crippen LogP contribution in [0.4, 0.5) is 0 Å². The Labute approximate surface area is 150 Å².